The second-order valence-electron chi connectivity index (χ2n) is 5.68. The molecule has 0 aliphatic rings. The maximum atomic E-state index is 11.7. The van der Waals surface area contributed by atoms with E-state index in [0.29, 0.717) is 24.5 Å². The van der Waals surface area contributed by atoms with Crippen molar-refractivity contribution in [3.8, 4) is 5.75 Å². The lowest BCUT2D eigenvalue weighted by Gasteiger charge is -2.20. The van der Waals surface area contributed by atoms with Gasteiger partial charge in [-0.3, -0.25) is 4.79 Å². The van der Waals surface area contributed by atoms with Crippen molar-refractivity contribution in [3.63, 3.8) is 0 Å². The highest BCUT2D eigenvalue weighted by atomic mass is 35.5. The van der Waals surface area contributed by atoms with Crippen molar-refractivity contribution in [1.29, 1.82) is 0 Å². The monoisotopic (exact) mass is 298 g/mol. The molecule has 0 atom stereocenters. The van der Waals surface area contributed by atoms with Gasteiger partial charge in [-0.15, -0.1) is 0 Å². The number of ether oxygens (including phenoxy) is 1. The summed E-state index contributed by atoms with van der Waals surface area (Å²) in [7, 11) is 1.63. The van der Waals surface area contributed by atoms with Crippen LogP contribution in [0.4, 0.5) is 0 Å². The quantitative estimate of drug-likeness (QED) is 0.794. The number of hydrogen-bond donors (Lipinski definition) is 2. The SMILES string of the molecule is COc1ccc(Cl)cc1CNCCC(=O)NC(C)(C)C. The van der Waals surface area contributed by atoms with E-state index in [-0.39, 0.29) is 11.4 Å². The van der Waals surface area contributed by atoms with Crippen LogP contribution in [0.3, 0.4) is 0 Å². The number of carbonyl (C=O) groups excluding carboxylic acids is 1. The Morgan fingerprint density at radius 1 is 1.35 bits per heavy atom. The van der Waals surface area contributed by atoms with Crippen LogP contribution in [0.15, 0.2) is 18.2 Å². The number of amides is 1. The zero-order valence-corrected chi connectivity index (χ0v) is 13.3. The first-order chi connectivity index (χ1) is 9.31. The van der Waals surface area contributed by atoms with Crippen molar-refractivity contribution < 1.29 is 9.53 Å². The van der Waals surface area contributed by atoms with Gasteiger partial charge in [0.1, 0.15) is 5.75 Å². The summed E-state index contributed by atoms with van der Waals surface area (Å²) < 4.78 is 5.27. The number of hydrogen-bond acceptors (Lipinski definition) is 3. The van der Waals surface area contributed by atoms with Crippen LogP contribution < -0.4 is 15.4 Å². The van der Waals surface area contributed by atoms with E-state index in [9.17, 15) is 4.79 Å². The Morgan fingerprint density at radius 3 is 2.65 bits per heavy atom. The normalized spacial score (nSPS) is 11.2. The fraction of sp³-hybridized carbons (Fsp3) is 0.533. The van der Waals surface area contributed by atoms with E-state index in [1.165, 1.54) is 0 Å². The third kappa shape index (κ3) is 6.26. The summed E-state index contributed by atoms with van der Waals surface area (Å²) in [6.45, 7) is 7.13. The van der Waals surface area contributed by atoms with E-state index < -0.39 is 0 Å². The molecule has 0 spiro atoms. The van der Waals surface area contributed by atoms with Gasteiger partial charge in [0.15, 0.2) is 0 Å². The summed E-state index contributed by atoms with van der Waals surface area (Å²) in [6, 6.07) is 5.49. The summed E-state index contributed by atoms with van der Waals surface area (Å²) in [6.07, 6.45) is 0.445. The van der Waals surface area contributed by atoms with Crippen LogP contribution in [0.2, 0.25) is 5.02 Å². The Balaban J connectivity index is 2.38. The molecule has 1 amide bonds. The largest absolute Gasteiger partial charge is 0.496 e. The van der Waals surface area contributed by atoms with Crippen LogP contribution in [0.1, 0.15) is 32.8 Å². The fourth-order valence-corrected chi connectivity index (χ4v) is 1.99. The maximum absolute atomic E-state index is 11.7. The molecule has 0 aromatic heterocycles. The van der Waals surface area contributed by atoms with Crippen molar-refractivity contribution in [2.75, 3.05) is 13.7 Å². The van der Waals surface area contributed by atoms with Gasteiger partial charge < -0.3 is 15.4 Å². The Kier molecular flexibility index (Phi) is 6.30. The lowest BCUT2D eigenvalue weighted by atomic mass is 10.1. The highest BCUT2D eigenvalue weighted by Gasteiger charge is 2.13. The Bertz CT molecular complexity index is 456. The predicted molar refractivity (Wildman–Crippen MR) is 82.2 cm³/mol. The molecule has 20 heavy (non-hydrogen) atoms. The lowest BCUT2D eigenvalue weighted by Crippen LogP contribution is -2.41. The van der Waals surface area contributed by atoms with Gasteiger partial charge in [-0.1, -0.05) is 11.6 Å². The standard InChI is InChI=1S/C15H23ClN2O2/c1-15(2,3)18-14(19)7-8-17-10-11-9-12(16)5-6-13(11)20-4/h5-6,9,17H,7-8,10H2,1-4H3,(H,18,19). The molecule has 0 heterocycles. The van der Waals surface area contributed by atoms with Crippen LogP contribution in [-0.4, -0.2) is 25.1 Å². The smallest absolute Gasteiger partial charge is 0.221 e. The molecule has 0 radical (unpaired) electrons. The van der Waals surface area contributed by atoms with Gasteiger partial charge in [-0.05, 0) is 39.0 Å². The van der Waals surface area contributed by atoms with Crippen molar-refractivity contribution >= 4 is 17.5 Å². The number of carbonyl (C=O) groups is 1. The number of methoxy groups -OCH3 is 1. The van der Waals surface area contributed by atoms with Crippen LogP contribution in [0, 0.1) is 0 Å². The van der Waals surface area contributed by atoms with E-state index in [0.717, 1.165) is 11.3 Å². The number of halogens is 1. The molecule has 4 nitrogen and oxygen atoms in total. The van der Waals surface area contributed by atoms with Crippen LogP contribution in [0.5, 0.6) is 5.75 Å². The molecule has 2 N–H and O–H groups in total. The highest BCUT2D eigenvalue weighted by Crippen LogP contribution is 2.22. The van der Waals surface area contributed by atoms with Crippen molar-refractivity contribution in [2.45, 2.75) is 39.3 Å². The summed E-state index contributed by atoms with van der Waals surface area (Å²) in [5, 5.41) is 6.82. The number of benzene rings is 1. The highest BCUT2D eigenvalue weighted by molar-refractivity contribution is 6.30. The van der Waals surface area contributed by atoms with Gasteiger partial charge >= 0.3 is 0 Å². The van der Waals surface area contributed by atoms with Crippen LogP contribution >= 0.6 is 11.6 Å². The van der Waals surface area contributed by atoms with Crippen molar-refractivity contribution in [3.05, 3.63) is 28.8 Å². The van der Waals surface area contributed by atoms with Crippen molar-refractivity contribution in [2.24, 2.45) is 0 Å². The molecule has 1 aromatic carbocycles. The van der Waals surface area contributed by atoms with Crippen LogP contribution in [-0.2, 0) is 11.3 Å². The summed E-state index contributed by atoms with van der Waals surface area (Å²) >= 11 is 5.96. The first-order valence-electron chi connectivity index (χ1n) is 6.66. The molecule has 1 aromatic rings. The lowest BCUT2D eigenvalue weighted by molar-refractivity contribution is -0.122. The second kappa shape index (κ2) is 7.50. The molecule has 0 fully saturated rings. The average molecular weight is 299 g/mol. The molecule has 0 saturated heterocycles. The second-order valence-corrected chi connectivity index (χ2v) is 6.12. The first kappa shape index (κ1) is 16.8. The van der Waals surface area contributed by atoms with Crippen LogP contribution in [0.25, 0.3) is 0 Å². The maximum Gasteiger partial charge on any atom is 0.221 e. The van der Waals surface area contributed by atoms with Gasteiger partial charge in [0, 0.05) is 35.6 Å². The Hall–Kier alpha value is -1.26. The molecule has 5 heteroatoms. The molecule has 0 bridgehead atoms. The van der Waals surface area contributed by atoms with Gasteiger partial charge in [-0.25, -0.2) is 0 Å². The zero-order chi connectivity index (χ0) is 15.2. The molecular formula is C15H23ClN2O2. The molecule has 0 saturated carbocycles. The van der Waals surface area contributed by atoms with E-state index >= 15 is 0 Å². The molecule has 0 aliphatic carbocycles. The molecular weight excluding hydrogens is 276 g/mol. The summed E-state index contributed by atoms with van der Waals surface area (Å²) in [4.78, 5) is 11.7. The molecule has 112 valence electrons. The molecule has 0 aliphatic heterocycles. The van der Waals surface area contributed by atoms with Gasteiger partial charge in [0.25, 0.3) is 0 Å². The van der Waals surface area contributed by atoms with Crippen molar-refractivity contribution in [1.82, 2.24) is 10.6 Å². The minimum atomic E-state index is -0.187. The number of nitrogens with one attached hydrogen (secondary N) is 2. The third-order valence-electron chi connectivity index (χ3n) is 2.60. The summed E-state index contributed by atoms with van der Waals surface area (Å²) in [5.41, 5.74) is 0.795. The third-order valence-corrected chi connectivity index (χ3v) is 2.84. The van der Waals surface area contributed by atoms with E-state index in [1.807, 2.05) is 32.9 Å². The minimum absolute atomic E-state index is 0.0445. The first-order valence-corrected chi connectivity index (χ1v) is 7.04. The topological polar surface area (TPSA) is 50.4 Å². The summed E-state index contributed by atoms with van der Waals surface area (Å²) in [5.74, 6) is 0.837. The Labute approximate surface area is 125 Å². The van der Waals surface area contributed by atoms with E-state index in [2.05, 4.69) is 10.6 Å². The number of rotatable bonds is 6. The fourth-order valence-electron chi connectivity index (χ4n) is 1.79. The zero-order valence-electron chi connectivity index (χ0n) is 12.5. The minimum Gasteiger partial charge on any atom is -0.496 e. The molecule has 0 unspecified atom stereocenters. The average Bonchev–Trinajstić information content (AvgIpc) is 2.33. The Morgan fingerprint density at radius 2 is 2.05 bits per heavy atom. The molecule has 1 rings (SSSR count). The van der Waals surface area contributed by atoms with Gasteiger partial charge in [0.05, 0.1) is 7.11 Å². The van der Waals surface area contributed by atoms with Gasteiger partial charge in [0.2, 0.25) is 5.91 Å². The van der Waals surface area contributed by atoms with E-state index in [4.69, 9.17) is 16.3 Å². The van der Waals surface area contributed by atoms with E-state index in [1.54, 1.807) is 13.2 Å². The predicted octanol–water partition coefficient (Wildman–Crippen LogP) is 2.74. The van der Waals surface area contributed by atoms with Gasteiger partial charge in [-0.2, -0.15) is 0 Å².